The Hall–Kier alpha value is -1.76. The van der Waals surface area contributed by atoms with Gasteiger partial charge >= 0.3 is 0 Å². The van der Waals surface area contributed by atoms with Crippen LogP contribution in [-0.4, -0.2) is 27.6 Å². The van der Waals surface area contributed by atoms with Crippen LogP contribution in [0.4, 0.5) is 5.69 Å². The molecule has 134 valence electrons. The largest absolute Gasteiger partial charge is 0.348 e. The summed E-state index contributed by atoms with van der Waals surface area (Å²) in [5.41, 5.74) is 2.31. The minimum atomic E-state index is -3.41. The average molecular weight is 401 g/mol. The van der Waals surface area contributed by atoms with Gasteiger partial charge in [0.2, 0.25) is 10.0 Å². The van der Waals surface area contributed by atoms with Gasteiger partial charge in [0.15, 0.2) is 0 Å². The van der Waals surface area contributed by atoms with Gasteiger partial charge in [0.25, 0.3) is 5.91 Å². The Labute approximate surface area is 157 Å². The second-order valence-corrected chi connectivity index (χ2v) is 8.51. The SMILES string of the molecule is Cc1ccc(C(=O)NCc2ccc(Cl)cc2Cl)cc1N(C)S(C)(=O)=O. The Morgan fingerprint density at radius 3 is 2.44 bits per heavy atom. The number of carbonyl (C=O) groups is 1. The maximum absolute atomic E-state index is 12.4. The van der Waals surface area contributed by atoms with Crippen molar-refractivity contribution >= 4 is 44.8 Å². The molecule has 1 amide bonds. The Balaban J connectivity index is 2.19. The fourth-order valence-electron chi connectivity index (χ4n) is 2.21. The lowest BCUT2D eigenvalue weighted by atomic mass is 10.1. The number of rotatable bonds is 5. The van der Waals surface area contributed by atoms with E-state index in [4.69, 9.17) is 23.2 Å². The van der Waals surface area contributed by atoms with Crippen LogP contribution in [-0.2, 0) is 16.6 Å². The summed E-state index contributed by atoms with van der Waals surface area (Å²) in [6.45, 7) is 2.02. The summed E-state index contributed by atoms with van der Waals surface area (Å²) in [7, 11) is -1.96. The zero-order chi connectivity index (χ0) is 18.8. The van der Waals surface area contributed by atoms with Crippen molar-refractivity contribution in [3.63, 3.8) is 0 Å². The fourth-order valence-corrected chi connectivity index (χ4v) is 3.24. The first-order chi connectivity index (χ1) is 11.6. The van der Waals surface area contributed by atoms with Crippen LogP contribution in [0.3, 0.4) is 0 Å². The number of nitrogens with zero attached hydrogens (tertiary/aromatic N) is 1. The average Bonchev–Trinajstić information content (AvgIpc) is 2.52. The molecule has 0 spiro atoms. The number of amides is 1. The Bertz CT molecular complexity index is 914. The van der Waals surface area contributed by atoms with Gasteiger partial charge in [0.05, 0.1) is 11.9 Å². The summed E-state index contributed by atoms with van der Waals surface area (Å²) < 4.78 is 24.6. The number of sulfonamides is 1. The first-order valence-corrected chi connectivity index (χ1v) is 9.96. The van der Waals surface area contributed by atoms with E-state index in [9.17, 15) is 13.2 Å². The van der Waals surface area contributed by atoms with Crippen molar-refractivity contribution in [2.75, 3.05) is 17.6 Å². The Morgan fingerprint density at radius 2 is 1.84 bits per heavy atom. The van der Waals surface area contributed by atoms with E-state index >= 15 is 0 Å². The Kier molecular flexibility index (Phi) is 5.98. The molecule has 0 atom stereocenters. The Morgan fingerprint density at radius 1 is 1.16 bits per heavy atom. The summed E-state index contributed by atoms with van der Waals surface area (Å²) in [6.07, 6.45) is 1.11. The van der Waals surface area contributed by atoms with Crippen molar-refractivity contribution in [2.24, 2.45) is 0 Å². The van der Waals surface area contributed by atoms with Crippen molar-refractivity contribution in [1.29, 1.82) is 0 Å². The molecule has 0 saturated heterocycles. The molecule has 0 saturated carbocycles. The number of hydrogen-bond donors (Lipinski definition) is 1. The molecule has 0 aliphatic rings. The highest BCUT2D eigenvalue weighted by Gasteiger charge is 2.16. The summed E-state index contributed by atoms with van der Waals surface area (Å²) in [6, 6.07) is 9.95. The standard InChI is InChI=1S/C17H18Cl2N2O3S/c1-11-4-5-12(8-16(11)21(2)25(3,23)24)17(22)20-10-13-6-7-14(18)9-15(13)19/h4-9H,10H2,1-3H3,(H,20,22). The molecule has 2 aromatic carbocycles. The third kappa shape index (κ3) is 4.87. The molecule has 2 aromatic rings. The third-order valence-electron chi connectivity index (χ3n) is 3.76. The maximum atomic E-state index is 12.4. The van der Waals surface area contributed by atoms with Gasteiger partial charge in [-0.15, -0.1) is 0 Å². The van der Waals surface area contributed by atoms with Gasteiger partial charge in [0, 0.05) is 29.2 Å². The molecule has 0 unspecified atom stereocenters. The minimum Gasteiger partial charge on any atom is -0.348 e. The predicted octanol–water partition coefficient (Wildman–Crippen LogP) is 3.63. The maximum Gasteiger partial charge on any atom is 0.251 e. The fraction of sp³-hybridized carbons (Fsp3) is 0.235. The number of nitrogens with one attached hydrogen (secondary N) is 1. The van der Waals surface area contributed by atoms with Gasteiger partial charge < -0.3 is 5.32 Å². The van der Waals surface area contributed by atoms with Crippen LogP contribution in [0, 0.1) is 6.92 Å². The molecule has 8 heteroatoms. The number of hydrogen-bond acceptors (Lipinski definition) is 3. The molecule has 0 fully saturated rings. The molecule has 0 aliphatic heterocycles. The van der Waals surface area contributed by atoms with Gasteiger partial charge in [-0.2, -0.15) is 0 Å². The van der Waals surface area contributed by atoms with E-state index in [1.54, 1.807) is 43.3 Å². The van der Waals surface area contributed by atoms with E-state index in [1.165, 1.54) is 7.05 Å². The van der Waals surface area contributed by atoms with E-state index < -0.39 is 10.0 Å². The zero-order valence-corrected chi connectivity index (χ0v) is 16.3. The number of halogens is 2. The predicted molar refractivity (Wildman–Crippen MR) is 102 cm³/mol. The van der Waals surface area contributed by atoms with Crippen molar-refractivity contribution in [3.8, 4) is 0 Å². The lowest BCUT2D eigenvalue weighted by Gasteiger charge is -2.19. The first-order valence-electron chi connectivity index (χ1n) is 7.36. The number of aryl methyl sites for hydroxylation is 1. The summed E-state index contributed by atoms with van der Waals surface area (Å²) in [5.74, 6) is -0.325. The molecule has 0 heterocycles. The van der Waals surface area contributed by atoms with Crippen LogP contribution >= 0.6 is 23.2 Å². The molecule has 5 nitrogen and oxygen atoms in total. The molecule has 25 heavy (non-hydrogen) atoms. The van der Waals surface area contributed by atoms with Crippen molar-refractivity contribution < 1.29 is 13.2 Å². The lowest BCUT2D eigenvalue weighted by Crippen LogP contribution is -2.27. The molecule has 0 bridgehead atoms. The quantitative estimate of drug-likeness (QED) is 0.832. The van der Waals surface area contributed by atoms with Crippen LogP contribution in [0.25, 0.3) is 0 Å². The zero-order valence-electron chi connectivity index (χ0n) is 14.0. The van der Waals surface area contributed by atoms with Crippen LogP contribution in [0.15, 0.2) is 36.4 Å². The van der Waals surface area contributed by atoms with Crippen LogP contribution < -0.4 is 9.62 Å². The van der Waals surface area contributed by atoms with Gasteiger partial charge in [-0.3, -0.25) is 9.10 Å². The van der Waals surface area contributed by atoms with Crippen LogP contribution in [0.5, 0.6) is 0 Å². The molecule has 0 aromatic heterocycles. The highest BCUT2D eigenvalue weighted by atomic mass is 35.5. The molecular weight excluding hydrogens is 383 g/mol. The monoisotopic (exact) mass is 400 g/mol. The van der Waals surface area contributed by atoms with Crippen molar-refractivity contribution in [3.05, 3.63) is 63.1 Å². The normalized spacial score (nSPS) is 11.2. The second-order valence-electron chi connectivity index (χ2n) is 5.65. The first kappa shape index (κ1) is 19.6. The van der Waals surface area contributed by atoms with E-state index in [2.05, 4.69) is 5.32 Å². The number of benzene rings is 2. The molecule has 0 radical (unpaired) electrons. The van der Waals surface area contributed by atoms with Gasteiger partial charge in [-0.25, -0.2) is 8.42 Å². The van der Waals surface area contributed by atoms with Gasteiger partial charge in [-0.1, -0.05) is 35.3 Å². The van der Waals surface area contributed by atoms with E-state index in [1.807, 2.05) is 0 Å². The van der Waals surface area contributed by atoms with E-state index in [0.29, 0.717) is 21.3 Å². The summed E-state index contributed by atoms with van der Waals surface area (Å²) >= 11 is 11.9. The summed E-state index contributed by atoms with van der Waals surface area (Å²) in [4.78, 5) is 12.4. The highest BCUT2D eigenvalue weighted by molar-refractivity contribution is 7.92. The van der Waals surface area contributed by atoms with Gasteiger partial charge in [0.1, 0.15) is 0 Å². The van der Waals surface area contributed by atoms with Crippen molar-refractivity contribution in [1.82, 2.24) is 5.32 Å². The van der Waals surface area contributed by atoms with E-state index in [-0.39, 0.29) is 12.5 Å². The van der Waals surface area contributed by atoms with Crippen molar-refractivity contribution in [2.45, 2.75) is 13.5 Å². The molecular formula is C17H18Cl2N2O3S. The molecule has 2 rings (SSSR count). The minimum absolute atomic E-state index is 0.236. The number of carbonyl (C=O) groups excluding carboxylic acids is 1. The molecule has 0 aliphatic carbocycles. The van der Waals surface area contributed by atoms with Crippen LogP contribution in [0.1, 0.15) is 21.5 Å². The smallest absolute Gasteiger partial charge is 0.251 e. The topological polar surface area (TPSA) is 66.5 Å². The van der Waals surface area contributed by atoms with Crippen LogP contribution in [0.2, 0.25) is 10.0 Å². The second kappa shape index (κ2) is 7.64. The summed E-state index contributed by atoms with van der Waals surface area (Å²) in [5, 5.41) is 3.75. The van der Waals surface area contributed by atoms with Gasteiger partial charge in [-0.05, 0) is 42.3 Å². The highest BCUT2D eigenvalue weighted by Crippen LogP contribution is 2.23. The molecule has 1 N–H and O–H groups in total. The third-order valence-corrected chi connectivity index (χ3v) is 5.54. The lowest BCUT2D eigenvalue weighted by molar-refractivity contribution is 0.0951. The number of anilines is 1. The van der Waals surface area contributed by atoms with E-state index in [0.717, 1.165) is 21.7 Å².